The summed E-state index contributed by atoms with van der Waals surface area (Å²) < 4.78 is 10.2. The van der Waals surface area contributed by atoms with Crippen molar-refractivity contribution in [3.63, 3.8) is 0 Å². The van der Waals surface area contributed by atoms with Crippen molar-refractivity contribution in [1.82, 2.24) is 0 Å². The van der Waals surface area contributed by atoms with Crippen LogP contribution in [0.4, 0.5) is 0 Å². The average molecular weight is 193 g/mol. The van der Waals surface area contributed by atoms with Gasteiger partial charge in [-0.15, -0.1) is 0 Å². The smallest absolute Gasteiger partial charge is 0.312 e. The molecule has 0 fully saturated rings. The molecule has 3 nitrogen and oxygen atoms in total. The topological polar surface area (TPSA) is 35.5 Å². The van der Waals surface area contributed by atoms with Gasteiger partial charge in [-0.1, -0.05) is 25.1 Å². The van der Waals surface area contributed by atoms with Crippen LogP contribution < -0.4 is 4.74 Å². The highest BCUT2D eigenvalue weighted by atomic mass is 16.7. The molecule has 0 bridgehead atoms. The van der Waals surface area contributed by atoms with E-state index < -0.39 is 6.29 Å². The summed E-state index contributed by atoms with van der Waals surface area (Å²) in [5.41, 5.74) is 0. The second-order valence-corrected chi connectivity index (χ2v) is 2.72. The van der Waals surface area contributed by atoms with Crippen LogP contribution in [0, 0.1) is 6.42 Å². The molecule has 1 rings (SSSR count). The molecule has 0 aliphatic rings. The molecule has 0 heterocycles. The van der Waals surface area contributed by atoms with Crippen LogP contribution in [-0.2, 0) is 9.53 Å². The molecular weight excluding hydrogens is 180 g/mol. The lowest BCUT2D eigenvalue weighted by Gasteiger charge is -2.14. The van der Waals surface area contributed by atoms with E-state index in [0.29, 0.717) is 5.75 Å². The summed E-state index contributed by atoms with van der Waals surface area (Å²) in [6.07, 6.45) is 0.784. The number of benzene rings is 1. The molecule has 1 unspecified atom stereocenters. The second kappa shape index (κ2) is 5.27. The molecule has 0 spiro atoms. The lowest BCUT2D eigenvalue weighted by atomic mass is 10.3. The molecule has 0 N–H and O–H groups in total. The maximum atomic E-state index is 10.9. The van der Waals surface area contributed by atoms with Gasteiger partial charge in [-0.25, -0.2) is 0 Å². The molecule has 1 atom stereocenters. The van der Waals surface area contributed by atoms with Crippen molar-refractivity contribution < 1.29 is 14.3 Å². The lowest BCUT2D eigenvalue weighted by Crippen LogP contribution is -2.20. The number of rotatable bonds is 4. The Morgan fingerprint density at radius 1 is 1.36 bits per heavy atom. The summed E-state index contributed by atoms with van der Waals surface area (Å²) in [5.74, 6) is 0.303. The maximum Gasteiger partial charge on any atom is 0.312 e. The van der Waals surface area contributed by atoms with E-state index in [1.165, 1.54) is 6.42 Å². The molecule has 0 aromatic heterocycles. The van der Waals surface area contributed by atoms with Gasteiger partial charge in [-0.2, -0.15) is 0 Å². The van der Waals surface area contributed by atoms with E-state index in [4.69, 9.17) is 9.47 Å². The molecule has 1 aromatic carbocycles. The van der Waals surface area contributed by atoms with Crippen molar-refractivity contribution in [2.24, 2.45) is 0 Å². The first kappa shape index (κ1) is 10.6. The third-order valence-corrected chi connectivity index (χ3v) is 1.56. The lowest BCUT2D eigenvalue weighted by molar-refractivity contribution is -0.156. The van der Waals surface area contributed by atoms with Crippen LogP contribution in [0.1, 0.15) is 13.8 Å². The minimum atomic E-state index is -0.568. The van der Waals surface area contributed by atoms with Crippen LogP contribution in [0.25, 0.3) is 0 Å². The van der Waals surface area contributed by atoms with Crippen molar-refractivity contribution in [2.75, 3.05) is 0 Å². The number of esters is 1. The molecular formula is C11H13O3. The highest BCUT2D eigenvalue weighted by molar-refractivity contribution is 5.78. The van der Waals surface area contributed by atoms with E-state index in [1.807, 2.05) is 18.2 Å². The molecule has 1 aromatic rings. The first-order valence-electron chi connectivity index (χ1n) is 4.44. The fourth-order valence-electron chi connectivity index (χ4n) is 0.946. The van der Waals surface area contributed by atoms with Gasteiger partial charge in [-0.3, -0.25) is 4.79 Å². The minimum Gasteiger partial charge on any atom is -0.455 e. The van der Waals surface area contributed by atoms with E-state index in [0.717, 1.165) is 0 Å². The summed E-state index contributed by atoms with van der Waals surface area (Å²) in [5, 5.41) is 0. The van der Waals surface area contributed by atoms with E-state index in [1.54, 1.807) is 26.0 Å². The molecule has 3 heteroatoms. The molecule has 0 aliphatic carbocycles. The number of ether oxygens (including phenoxy) is 2. The Kier molecular flexibility index (Phi) is 3.98. The first-order valence-corrected chi connectivity index (χ1v) is 4.44. The zero-order chi connectivity index (χ0) is 10.4. The molecule has 75 valence electrons. The van der Waals surface area contributed by atoms with Crippen LogP contribution >= 0.6 is 0 Å². The molecule has 0 aliphatic heterocycles. The van der Waals surface area contributed by atoms with Crippen LogP contribution in [0.2, 0.25) is 0 Å². The predicted molar refractivity (Wildman–Crippen MR) is 52.6 cm³/mol. The van der Waals surface area contributed by atoms with Crippen LogP contribution in [0.3, 0.4) is 0 Å². The second-order valence-electron chi connectivity index (χ2n) is 2.72. The van der Waals surface area contributed by atoms with E-state index >= 15 is 0 Å². The van der Waals surface area contributed by atoms with Crippen molar-refractivity contribution in [2.45, 2.75) is 20.1 Å². The van der Waals surface area contributed by atoms with Crippen LogP contribution in [0.5, 0.6) is 5.75 Å². The number of para-hydroxylation sites is 1. The molecule has 0 saturated carbocycles. The Morgan fingerprint density at radius 3 is 2.57 bits per heavy atom. The molecule has 0 amide bonds. The van der Waals surface area contributed by atoms with E-state index in [9.17, 15) is 4.79 Å². The summed E-state index contributed by atoms with van der Waals surface area (Å²) >= 11 is 0. The first-order chi connectivity index (χ1) is 6.72. The van der Waals surface area contributed by atoms with Gasteiger partial charge in [0.25, 0.3) is 0 Å². The highest BCUT2D eigenvalue weighted by Gasteiger charge is 2.08. The van der Waals surface area contributed by atoms with Gasteiger partial charge in [0, 0.05) is 6.92 Å². The summed E-state index contributed by atoms with van der Waals surface area (Å²) in [6, 6.07) is 9.22. The van der Waals surface area contributed by atoms with Crippen molar-refractivity contribution in [1.29, 1.82) is 0 Å². The SMILES string of the molecule is C[CH]C(=O)OC(C)Oc1ccccc1. The number of carbonyl (C=O) groups excluding carboxylic acids is 1. The maximum absolute atomic E-state index is 10.9. The number of carbonyl (C=O) groups is 1. The summed E-state index contributed by atoms with van der Waals surface area (Å²) in [4.78, 5) is 10.9. The van der Waals surface area contributed by atoms with Gasteiger partial charge in [0.15, 0.2) is 0 Å². The molecule has 14 heavy (non-hydrogen) atoms. The van der Waals surface area contributed by atoms with E-state index in [2.05, 4.69) is 0 Å². The van der Waals surface area contributed by atoms with Gasteiger partial charge in [0.2, 0.25) is 6.29 Å². The highest BCUT2D eigenvalue weighted by Crippen LogP contribution is 2.11. The number of hydrogen-bond donors (Lipinski definition) is 0. The van der Waals surface area contributed by atoms with Crippen molar-refractivity contribution >= 4 is 5.97 Å². The number of hydrogen-bond acceptors (Lipinski definition) is 3. The quantitative estimate of drug-likeness (QED) is 0.543. The van der Waals surface area contributed by atoms with Crippen molar-refractivity contribution in [3.05, 3.63) is 36.8 Å². The predicted octanol–water partition coefficient (Wildman–Crippen LogP) is 2.18. The van der Waals surface area contributed by atoms with Gasteiger partial charge in [0.05, 0.1) is 6.42 Å². The van der Waals surface area contributed by atoms with Crippen molar-refractivity contribution in [3.8, 4) is 5.75 Å². The van der Waals surface area contributed by atoms with E-state index in [-0.39, 0.29) is 5.97 Å². The van der Waals surface area contributed by atoms with Gasteiger partial charge in [0.1, 0.15) is 5.75 Å². The van der Waals surface area contributed by atoms with Crippen LogP contribution in [-0.4, -0.2) is 12.3 Å². The third-order valence-electron chi connectivity index (χ3n) is 1.56. The fraction of sp³-hybridized carbons (Fsp3) is 0.273. The zero-order valence-electron chi connectivity index (χ0n) is 8.27. The Balaban J connectivity index is 2.41. The average Bonchev–Trinajstić information content (AvgIpc) is 2.19. The van der Waals surface area contributed by atoms with Gasteiger partial charge >= 0.3 is 5.97 Å². The molecule has 0 saturated heterocycles. The minimum absolute atomic E-state index is 0.381. The Labute approximate surface area is 83.6 Å². The standard InChI is InChI=1S/C11H13O3/c1-3-11(12)14-9(2)13-10-7-5-4-6-8-10/h3-9H,1-2H3. The Morgan fingerprint density at radius 2 is 2.00 bits per heavy atom. The van der Waals surface area contributed by atoms with Gasteiger partial charge in [-0.05, 0) is 12.1 Å². The fourth-order valence-corrected chi connectivity index (χ4v) is 0.946. The normalized spacial score (nSPS) is 11.9. The zero-order valence-corrected chi connectivity index (χ0v) is 8.27. The third kappa shape index (κ3) is 3.47. The molecule has 1 radical (unpaired) electrons. The van der Waals surface area contributed by atoms with Gasteiger partial charge < -0.3 is 9.47 Å². The summed E-state index contributed by atoms with van der Waals surface area (Å²) in [7, 11) is 0. The summed E-state index contributed by atoms with van der Waals surface area (Å²) in [6.45, 7) is 3.30. The van der Waals surface area contributed by atoms with Crippen LogP contribution in [0.15, 0.2) is 30.3 Å². The Bertz CT molecular complexity index is 282. The Hall–Kier alpha value is -1.51. The monoisotopic (exact) mass is 193 g/mol. The largest absolute Gasteiger partial charge is 0.455 e.